The lowest BCUT2D eigenvalue weighted by molar-refractivity contribution is 1.10. The number of nitrogens with zero attached hydrogens (tertiary/aromatic N) is 3. The fourth-order valence-corrected chi connectivity index (χ4v) is 2.76. The number of aromatic nitrogens is 4. The third-order valence-corrected chi connectivity index (χ3v) is 3.96. The Kier molecular flexibility index (Phi) is 3.23. The zero-order valence-corrected chi connectivity index (χ0v) is 13.3. The van der Waals surface area contributed by atoms with Crippen LogP contribution in [0, 0.1) is 13.8 Å². The molecule has 0 unspecified atom stereocenters. The van der Waals surface area contributed by atoms with E-state index in [9.17, 15) is 4.79 Å². The van der Waals surface area contributed by atoms with E-state index in [4.69, 9.17) is 0 Å². The largest absolute Gasteiger partial charge is 0.294 e. The van der Waals surface area contributed by atoms with E-state index >= 15 is 0 Å². The number of rotatable bonds is 2. The third-order valence-electron chi connectivity index (χ3n) is 3.96. The summed E-state index contributed by atoms with van der Waals surface area (Å²) in [6.07, 6.45) is 0. The van der Waals surface area contributed by atoms with Crippen molar-refractivity contribution in [3.8, 4) is 0 Å². The number of aromatic amines is 1. The molecule has 2 aromatic heterocycles. The highest BCUT2D eigenvalue weighted by atomic mass is 16.1. The summed E-state index contributed by atoms with van der Waals surface area (Å²) < 4.78 is 0. The molecule has 0 bridgehead atoms. The molecule has 0 saturated heterocycles. The number of hydrogen-bond donors (Lipinski definition) is 2. The van der Waals surface area contributed by atoms with E-state index in [1.807, 2.05) is 44.2 Å². The molecule has 0 fully saturated rings. The van der Waals surface area contributed by atoms with Crippen molar-refractivity contribution in [2.75, 3.05) is 5.32 Å². The second-order valence-corrected chi connectivity index (χ2v) is 5.66. The monoisotopic (exact) mass is 317 g/mol. The summed E-state index contributed by atoms with van der Waals surface area (Å²) in [5.74, 6) is 0.735. The topological polar surface area (TPSA) is 83.6 Å². The van der Waals surface area contributed by atoms with Gasteiger partial charge in [-0.15, -0.1) is 0 Å². The molecule has 2 N–H and O–H groups in total. The van der Waals surface area contributed by atoms with E-state index in [0.29, 0.717) is 22.8 Å². The number of anilines is 2. The van der Waals surface area contributed by atoms with Gasteiger partial charge in [-0.25, -0.2) is 15.0 Å². The van der Waals surface area contributed by atoms with Crippen molar-refractivity contribution in [3.63, 3.8) is 0 Å². The van der Waals surface area contributed by atoms with Crippen LogP contribution in [-0.2, 0) is 0 Å². The minimum absolute atomic E-state index is 0.197. The molecule has 0 radical (unpaired) electrons. The van der Waals surface area contributed by atoms with Crippen LogP contribution in [0.25, 0.3) is 21.8 Å². The van der Waals surface area contributed by atoms with Crippen molar-refractivity contribution < 1.29 is 0 Å². The number of benzene rings is 2. The minimum atomic E-state index is -0.197. The molecule has 118 valence electrons. The van der Waals surface area contributed by atoms with Crippen molar-refractivity contribution >= 4 is 33.7 Å². The molecular weight excluding hydrogens is 302 g/mol. The summed E-state index contributed by atoms with van der Waals surface area (Å²) in [5.41, 5.74) is 3.25. The number of nitrogens with one attached hydrogen (secondary N) is 2. The lowest BCUT2D eigenvalue weighted by Crippen LogP contribution is -2.12. The molecule has 0 atom stereocenters. The molecule has 0 aliphatic rings. The highest BCUT2D eigenvalue weighted by molar-refractivity contribution is 5.85. The number of H-pyrrole nitrogens is 1. The van der Waals surface area contributed by atoms with Gasteiger partial charge < -0.3 is 0 Å². The van der Waals surface area contributed by atoms with Crippen LogP contribution in [0.5, 0.6) is 0 Å². The van der Waals surface area contributed by atoms with Gasteiger partial charge in [0, 0.05) is 5.39 Å². The maximum Gasteiger partial charge on any atom is 0.260 e. The number of hydrogen-bond acceptors (Lipinski definition) is 5. The van der Waals surface area contributed by atoms with Crippen molar-refractivity contribution in [1.29, 1.82) is 0 Å². The first-order valence-corrected chi connectivity index (χ1v) is 7.62. The lowest BCUT2D eigenvalue weighted by Gasteiger charge is -2.09. The zero-order chi connectivity index (χ0) is 16.7. The molecule has 0 saturated carbocycles. The smallest absolute Gasteiger partial charge is 0.260 e. The van der Waals surface area contributed by atoms with E-state index < -0.39 is 0 Å². The summed E-state index contributed by atoms with van der Waals surface area (Å²) >= 11 is 0. The normalized spacial score (nSPS) is 11.1. The number of fused-ring (bicyclic) bond motifs is 2. The fraction of sp³-hybridized carbons (Fsp3) is 0.111. The predicted octanol–water partition coefficient (Wildman–Crippen LogP) is 3.23. The molecule has 4 aromatic rings. The van der Waals surface area contributed by atoms with Gasteiger partial charge >= 0.3 is 0 Å². The molecular formula is C18H15N5O. The van der Waals surface area contributed by atoms with E-state index in [1.165, 1.54) is 0 Å². The summed E-state index contributed by atoms with van der Waals surface area (Å²) in [4.78, 5) is 28.3. The lowest BCUT2D eigenvalue weighted by atomic mass is 10.1. The molecule has 0 amide bonds. The molecule has 24 heavy (non-hydrogen) atoms. The van der Waals surface area contributed by atoms with Gasteiger partial charge in [-0.3, -0.25) is 15.1 Å². The first-order chi connectivity index (χ1) is 11.6. The summed E-state index contributed by atoms with van der Waals surface area (Å²) in [5, 5.41) is 4.57. The molecule has 0 aliphatic carbocycles. The Morgan fingerprint density at radius 2 is 1.71 bits per heavy atom. The van der Waals surface area contributed by atoms with E-state index in [1.54, 1.807) is 12.1 Å². The standard InChI is InChI=1S/C18H15N5O/c1-10-6-5-8-12-11(2)19-17(21-15(10)12)23-18-20-14-9-4-3-7-13(14)16(24)22-18/h3-9H,1-2H3,(H2,19,20,21,22,23,24). The van der Waals surface area contributed by atoms with Crippen LogP contribution < -0.4 is 10.9 Å². The third kappa shape index (κ3) is 2.38. The Bertz CT molecular complexity index is 1130. The average molecular weight is 317 g/mol. The van der Waals surface area contributed by atoms with Crippen LogP contribution in [0.2, 0.25) is 0 Å². The van der Waals surface area contributed by atoms with E-state index in [0.717, 1.165) is 22.2 Å². The maximum absolute atomic E-state index is 12.1. The average Bonchev–Trinajstić information content (AvgIpc) is 2.56. The Hall–Kier alpha value is -3.28. The van der Waals surface area contributed by atoms with E-state index in [-0.39, 0.29) is 5.56 Å². The Balaban J connectivity index is 1.82. The van der Waals surface area contributed by atoms with Gasteiger partial charge in [0.25, 0.3) is 5.56 Å². The Morgan fingerprint density at radius 1 is 0.917 bits per heavy atom. The fourth-order valence-electron chi connectivity index (χ4n) is 2.76. The Labute approximate surface area is 137 Å². The molecule has 2 heterocycles. The predicted molar refractivity (Wildman–Crippen MR) is 94.7 cm³/mol. The summed E-state index contributed by atoms with van der Waals surface area (Å²) in [6, 6.07) is 13.2. The second kappa shape index (κ2) is 5.42. The highest BCUT2D eigenvalue weighted by Crippen LogP contribution is 2.21. The molecule has 2 aromatic carbocycles. The zero-order valence-electron chi connectivity index (χ0n) is 13.3. The number of aryl methyl sites for hydroxylation is 2. The van der Waals surface area contributed by atoms with Crippen molar-refractivity contribution in [3.05, 3.63) is 64.1 Å². The van der Waals surface area contributed by atoms with Gasteiger partial charge in [0.1, 0.15) is 0 Å². The van der Waals surface area contributed by atoms with Gasteiger partial charge in [-0.2, -0.15) is 0 Å². The molecule has 0 spiro atoms. The number of para-hydroxylation sites is 2. The van der Waals surface area contributed by atoms with Crippen molar-refractivity contribution in [2.24, 2.45) is 0 Å². The maximum atomic E-state index is 12.1. The minimum Gasteiger partial charge on any atom is -0.294 e. The van der Waals surface area contributed by atoms with Crippen LogP contribution in [0.15, 0.2) is 47.3 Å². The first kappa shape index (κ1) is 14.3. The van der Waals surface area contributed by atoms with Gasteiger partial charge in [0.15, 0.2) is 0 Å². The van der Waals surface area contributed by atoms with Gasteiger partial charge in [0.05, 0.1) is 22.1 Å². The van der Waals surface area contributed by atoms with Crippen molar-refractivity contribution in [2.45, 2.75) is 13.8 Å². The van der Waals surface area contributed by atoms with Crippen LogP contribution in [0.4, 0.5) is 11.9 Å². The van der Waals surface area contributed by atoms with Crippen LogP contribution in [0.3, 0.4) is 0 Å². The molecule has 6 heteroatoms. The summed E-state index contributed by atoms with van der Waals surface area (Å²) in [6.45, 7) is 3.94. The van der Waals surface area contributed by atoms with E-state index in [2.05, 4.69) is 25.3 Å². The molecule has 0 aliphatic heterocycles. The molecule has 6 nitrogen and oxygen atoms in total. The quantitative estimate of drug-likeness (QED) is 0.593. The van der Waals surface area contributed by atoms with Gasteiger partial charge in [-0.1, -0.05) is 30.3 Å². The van der Waals surface area contributed by atoms with Crippen LogP contribution in [-0.4, -0.2) is 19.9 Å². The SMILES string of the molecule is Cc1nc(Nc2nc3ccccc3c(=O)[nH]2)nc2c(C)cccc12. The Morgan fingerprint density at radius 3 is 2.58 bits per heavy atom. The van der Waals surface area contributed by atoms with Crippen LogP contribution in [0.1, 0.15) is 11.3 Å². The van der Waals surface area contributed by atoms with Crippen molar-refractivity contribution in [1.82, 2.24) is 19.9 Å². The molecule has 4 rings (SSSR count). The second-order valence-electron chi connectivity index (χ2n) is 5.66. The van der Waals surface area contributed by atoms with Gasteiger partial charge in [0.2, 0.25) is 11.9 Å². The van der Waals surface area contributed by atoms with Gasteiger partial charge in [-0.05, 0) is 31.5 Å². The van der Waals surface area contributed by atoms with Crippen LogP contribution >= 0.6 is 0 Å². The summed E-state index contributed by atoms with van der Waals surface area (Å²) in [7, 11) is 0. The highest BCUT2D eigenvalue weighted by Gasteiger charge is 2.09. The first-order valence-electron chi connectivity index (χ1n) is 7.62.